The average Bonchev–Trinajstić information content (AvgIpc) is 2.32. The predicted molar refractivity (Wildman–Crippen MR) is 69.7 cm³/mol. The molecule has 0 atom stereocenters. The number of carbonyl (C=O) groups excluding carboxylic acids is 1. The Kier molecular flexibility index (Phi) is 6.01. The van der Waals surface area contributed by atoms with Crippen LogP contribution >= 0.6 is 27.5 Å². The van der Waals surface area contributed by atoms with Crippen LogP contribution in [0, 0.1) is 0 Å². The van der Waals surface area contributed by atoms with Crippen molar-refractivity contribution in [3.63, 3.8) is 0 Å². The summed E-state index contributed by atoms with van der Waals surface area (Å²) in [5.74, 6) is -0.503. The third kappa shape index (κ3) is 3.41. The van der Waals surface area contributed by atoms with Gasteiger partial charge in [-0.25, -0.2) is 9.78 Å². The molecule has 0 N–H and O–H groups in total. The number of nitrogens with zero attached hydrogens (tertiary/aromatic N) is 1. The first-order valence-corrected chi connectivity index (χ1v) is 6.30. The van der Waals surface area contributed by atoms with Crippen molar-refractivity contribution in [3.8, 4) is 0 Å². The van der Waals surface area contributed by atoms with Crippen LogP contribution in [0.25, 0.3) is 0 Å². The van der Waals surface area contributed by atoms with Gasteiger partial charge in [-0.1, -0.05) is 11.6 Å². The lowest BCUT2D eigenvalue weighted by Crippen LogP contribution is -2.15. The van der Waals surface area contributed by atoms with Crippen LogP contribution < -0.4 is 0 Å². The number of aromatic nitrogens is 1. The van der Waals surface area contributed by atoms with Crippen LogP contribution in [0.5, 0.6) is 0 Å². The molecule has 0 saturated heterocycles. The fourth-order valence-corrected chi connectivity index (χ4v) is 2.22. The molecule has 0 fully saturated rings. The van der Waals surface area contributed by atoms with E-state index in [1.165, 1.54) is 20.3 Å². The first-order valence-electron chi connectivity index (χ1n) is 5.13. The van der Waals surface area contributed by atoms with E-state index in [0.717, 1.165) is 0 Å². The molecule has 0 aliphatic rings. The number of rotatable bonds is 5. The molecule has 0 saturated carbocycles. The molecule has 1 rings (SSSR count). The maximum Gasteiger partial charge on any atom is 0.338 e. The van der Waals surface area contributed by atoms with E-state index in [-0.39, 0.29) is 17.3 Å². The van der Waals surface area contributed by atoms with Gasteiger partial charge in [0.15, 0.2) is 6.29 Å². The van der Waals surface area contributed by atoms with E-state index in [1.54, 1.807) is 6.92 Å². The largest absolute Gasteiger partial charge is 0.462 e. The topological polar surface area (TPSA) is 57.7 Å². The molecule has 1 aromatic heterocycles. The van der Waals surface area contributed by atoms with E-state index in [2.05, 4.69) is 20.9 Å². The Morgan fingerprint density at radius 3 is 2.61 bits per heavy atom. The summed E-state index contributed by atoms with van der Waals surface area (Å²) >= 11 is 9.20. The molecule has 0 aliphatic carbocycles. The molecule has 0 bridgehead atoms. The van der Waals surface area contributed by atoms with E-state index in [4.69, 9.17) is 25.8 Å². The molecule has 0 amide bonds. The highest BCUT2D eigenvalue weighted by Crippen LogP contribution is 2.30. The number of methoxy groups -OCH3 is 2. The highest BCUT2D eigenvalue weighted by Gasteiger charge is 2.24. The number of esters is 1. The van der Waals surface area contributed by atoms with Crippen molar-refractivity contribution in [2.45, 2.75) is 13.2 Å². The zero-order valence-electron chi connectivity index (χ0n) is 10.2. The van der Waals surface area contributed by atoms with E-state index < -0.39 is 12.3 Å². The molecule has 100 valence electrons. The maximum atomic E-state index is 11.9. The maximum absolute atomic E-state index is 11.9. The molecule has 0 spiro atoms. The Morgan fingerprint density at radius 1 is 1.50 bits per heavy atom. The van der Waals surface area contributed by atoms with Crippen molar-refractivity contribution in [3.05, 3.63) is 26.9 Å². The number of ether oxygens (including phenoxy) is 3. The first-order chi connectivity index (χ1) is 8.54. The molecule has 18 heavy (non-hydrogen) atoms. The average molecular weight is 339 g/mol. The minimum atomic E-state index is -0.780. The normalized spacial score (nSPS) is 10.8. The summed E-state index contributed by atoms with van der Waals surface area (Å²) in [5, 5.41) is 0.126. The molecular weight excluding hydrogens is 325 g/mol. The van der Waals surface area contributed by atoms with Gasteiger partial charge in [-0.2, -0.15) is 0 Å². The summed E-state index contributed by atoms with van der Waals surface area (Å²) in [5.41, 5.74) is 0.612. The van der Waals surface area contributed by atoms with Crippen LogP contribution in [0.3, 0.4) is 0 Å². The van der Waals surface area contributed by atoms with E-state index in [9.17, 15) is 4.79 Å². The van der Waals surface area contributed by atoms with E-state index >= 15 is 0 Å². The number of hydrogen-bond donors (Lipinski definition) is 0. The SMILES string of the molecule is CCOC(=O)c1cc(Br)nc(Cl)c1C(OC)OC. The lowest BCUT2D eigenvalue weighted by atomic mass is 10.1. The van der Waals surface area contributed by atoms with Gasteiger partial charge in [0.1, 0.15) is 9.76 Å². The monoisotopic (exact) mass is 337 g/mol. The lowest BCUT2D eigenvalue weighted by molar-refractivity contribution is -0.106. The van der Waals surface area contributed by atoms with Gasteiger partial charge in [0.2, 0.25) is 0 Å². The summed E-state index contributed by atoms with van der Waals surface area (Å²) in [6, 6.07) is 1.52. The van der Waals surface area contributed by atoms with Gasteiger partial charge in [-0.3, -0.25) is 0 Å². The molecule has 1 aromatic rings. The molecular formula is C11H13BrClNO4. The van der Waals surface area contributed by atoms with Crippen molar-refractivity contribution in [1.29, 1.82) is 0 Å². The van der Waals surface area contributed by atoms with Crippen LogP contribution in [0.4, 0.5) is 0 Å². The molecule has 0 radical (unpaired) electrons. The van der Waals surface area contributed by atoms with E-state index in [1.807, 2.05) is 0 Å². The minimum Gasteiger partial charge on any atom is -0.462 e. The molecule has 0 aromatic carbocycles. The van der Waals surface area contributed by atoms with Crippen LogP contribution in [0.2, 0.25) is 5.15 Å². The fraction of sp³-hybridized carbons (Fsp3) is 0.455. The van der Waals surface area contributed by atoms with Crippen molar-refractivity contribution in [1.82, 2.24) is 4.98 Å². The van der Waals surface area contributed by atoms with Crippen LogP contribution in [0.1, 0.15) is 29.1 Å². The quantitative estimate of drug-likeness (QED) is 0.469. The molecule has 5 nitrogen and oxygen atoms in total. The standard InChI is InChI=1S/C11H13BrClNO4/c1-4-18-10(15)6-5-7(12)14-9(13)8(6)11(16-2)17-3/h5,11H,4H2,1-3H3. The molecule has 7 heteroatoms. The van der Waals surface area contributed by atoms with Crippen LogP contribution in [0.15, 0.2) is 10.7 Å². The van der Waals surface area contributed by atoms with Crippen molar-refractivity contribution in [2.24, 2.45) is 0 Å². The van der Waals surface area contributed by atoms with Crippen molar-refractivity contribution in [2.75, 3.05) is 20.8 Å². The van der Waals surface area contributed by atoms with Crippen molar-refractivity contribution < 1.29 is 19.0 Å². The Morgan fingerprint density at radius 2 is 2.11 bits per heavy atom. The minimum absolute atomic E-state index is 0.126. The number of carbonyl (C=O) groups is 1. The predicted octanol–water partition coefficient (Wildman–Crippen LogP) is 2.97. The van der Waals surface area contributed by atoms with Gasteiger partial charge in [0.25, 0.3) is 0 Å². The fourth-order valence-electron chi connectivity index (χ4n) is 1.43. The third-order valence-corrected chi connectivity index (χ3v) is 2.83. The summed E-state index contributed by atoms with van der Waals surface area (Å²) < 4.78 is 15.6. The second-order valence-corrected chi connectivity index (χ2v) is 4.39. The highest BCUT2D eigenvalue weighted by molar-refractivity contribution is 9.10. The van der Waals surface area contributed by atoms with Gasteiger partial charge in [0.05, 0.1) is 17.7 Å². The molecule has 0 aliphatic heterocycles. The first kappa shape index (κ1) is 15.4. The second-order valence-electron chi connectivity index (χ2n) is 3.22. The van der Waals surface area contributed by atoms with E-state index in [0.29, 0.717) is 10.2 Å². The summed E-state index contributed by atoms with van der Waals surface area (Å²) in [7, 11) is 2.89. The number of halogens is 2. The van der Waals surface area contributed by atoms with Gasteiger partial charge < -0.3 is 14.2 Å². The van der Waals surface area contributed by atoms with Gasteiger partial charge >= 0.3 is 5.97 Å². The Hall–Kier alpha value is -0.690. The van der Waals surface area contributed by atoms with Gasteiger partial charge in [-0.05, 0) is 28.9 Å². The van der Waals surface area contributed by atoms with Crippen molar-refractivity contribution >= 4 is 33.5 Å². The molecule has 0 unspecified atom stereocenters. The van der Waals surface area contributed by atoms with Crippen LogP contribution in [-0.2, 0) is 14.2 Å². The summed E-state index contributed by atoms with van der Waals surface area (Å²) in [4.78, 5) is 15.9. The smallest absolute Gasteiger partial charge is 0.338 e. The number of pyridine rings is 1. The van der Waals surface area contributed by atoms with Gasteiger partial charge in [-0.15, -0.1) is 0 Å². The third-order valence-electron chi connectivity index (χ3n) is 2.14. The van der Waals surface area contributed by atoms with Gasteiger partial charge in [0, 0.05) is 14.2 Å². The zero-order chi connectivity index (χ0) is 13.7. The summed E-state index contributed by atoms with van der Waals surface area (Å²) in [6.45, 7) is 1.99. The Bertz CT molecular complexity index is 437. The second kappa shape index (κ2) is 7.04. The molecule has 1 heterocycles. The van der Waals surface area contributed by atoms with Crippen LogP contribution in [-0.4, -0.2) is 31.8 Å². The number of hydrogen-bond acceptors (Lipinski definition) is 5. The highest BCUT2D eigenvalue weighted by atomic mass is 79.9. The summed E-state index contributed by atoms with van der Waals surface area (Å²) in [6.07, 6.45) is -0.780. The Balaban J connectivity index is 3.33. The lowest BCUT2D eigenvalue weighted by Gasteiger charge is -2.18. The zero-order valence-corrected chi connectivity index (χ0v) is 12.5. The Labute approximate surface area is 119 Å².